The Bertz CT molecular complexity index is 783. The minimum Gasteiger partial charge on any atom is -0.504 e. The molecule has 3 N–H and O–H groups in total. The third-order valence-corrected chi connectivity index (χ3v) is 4.37. The molecule has 0 aromatic heterocycles. The first-order chi connectivity index (χ1) is 11.9. The minimum atomic E-state index is -0.985. The van der Waals surface area contributed by atoms with Crippen LogP contribution in [0, 0.1) is 10.1 Å². The molecule has 0 aliphatic carbocycles. The number of anilines is 1. The summed E-state index contributed by atoms with van der Waals surface area (Å²) in [7, 11) is 1.41. The normalized spacial score (nSPS) is 11.6. The number of thioether (sulfide) groups is 1. The van der Waals surface area contributed by atoms with Crippen LogP contribution in [0.3, 0.4) is 0 Å². The van der Waals surface area contributed by atoms with Gasteiger partial charge in [0.05, 0.1) is 23.2 Å². The minimum absolute atomic E-state index is 0.0383. The van der Waals surface area contributed by atoms with Crippen LogP contribution in [0.25, 0.3) is 0 Å². The summed E-state index contributed by atoms with van der Waals surface area (Å²) in [6, 6.07) is 10.6. The number of hydrogen-bond donors (Lipinski definition) is 3. The Morgan fingerprint density at radius 1 is 1.36 bits per heavy atom. The Hall–Kier alpha value is -2.94. The molecule has 0 unspecified atom stereocenters. The summed E-state index contributed by atoms with van der Waals surface area (Å²) in [4.78, 5) is 21.3. The number of carbonyl (C=O) groups is 1. The highest BCUT2D eigenvalue weighted by atomic mass is 32.2. The average molecular weight is 364 g/mol. The van der Waals surface area contributed by atoms with Crippen molar-refractivity contribution in [3.05, 3.63) is 58.1 Å². The number of nitrogens with one attached hydrogen (secondary N) is 1. The first kappa shape index (κ1) is 18.4. The lowest BCUT2D eigenvalue weighted by atomic mass is 10.2. The van der Waals surface area contributed by atoms with Gasteiger partial charge >= 0.3 is 5.97 Å². The highest BCUT2D eigenvalue weighted by Crippen LogP contribution is 2.36. The maximum Gasteiger partial charge on any atom is 0.313 e. The fourth-order valence-corrected chi connectivity index (χ4v) is 2.96. The van der Waals surface area contributed by atoms with Gasteiger partial charge < -0.3 is 20.3 Å². The molecular weight excluding hydrogens is 348 g/mol. The Morgan fingerprint density at radius 3 is 2.76 bits per heavy atom. The van der Waals surface area contributed by atoms with Crippen molar-refractivity contribution in [3.8, 4) is 11.5 Å². The van der Waals surface area contributed by atoms with E-state index in [9.17, 15) is 20.0 Å². The SMILES string of the molecule is COc1cc([C@@H](Nc2cccc([N+](=O)[O-])c2)SCC(=O)O)ccc1O. The summed E-state index contributed by atoms with van der Waals surface area (Å²) in [5.74, 6) is -0.945. The van der Waals surface area contributed by atoms with E-state index in [4.69, 9.17) is 9.84 Å². The molecule has 0 bridgehead atoms. The van der Waals surface area contributed by atoms with Crippen molar-refractivity contribution in [2.24, 2.45) is 0 Å². The highest BCUT2D eigenvalue weighted by molar-refractivity contribution is 8.00. The van der Waals surface area contributed by atoms with Gasteiger partial charge in [-0.05, 0) is 23.8 Å². The number of phenolic OH excluding ortho intramolecular Hbond substituents is 1. The number of methoxy groups -OCH3 is 1. The van der Waals surface area contributed by atoms with E-state index in [0.717, 1.165) is 11.8 Å². The number of aromatic hydroxyl groups is 1. The lowest BCUT2D eigenvalue weighted by molar-refractivity contribution is -0.384. The Kier molecular flexibility index (Phi) is 6.07. The summed E-state index contributed by atoms with van der Waals surface area (Å²) < 4.78 is 5.07. The number of carboxylic acids is 1. The molecule has 0 radical (unpaired) electrons. The van der Waals surface area contributed by atoms with Crippen LogP contribution in [0.15, 0.2) is 42.5 Å². The predicted octanol–water partition coefficient (Wildman–Crippen LogP) is 3.24. The quantitative estimate of drug-likeness (QED) is 0.371. The lowest BCUT2D eigenvalue weighted by Gasteiger charge is -2.20. The van der Waals surface area contributed by atoms with Gasteiger partial charge in [0.15, 0.2) is 11.5 Å². The molecule has 0 heterocycles. The van der Waals surface area contributed by atoms with Gasteiger partial charge in [-0.2, -0.15) is 0 Å². The van der Waals surface area contributed by atoms with Crippen molar-refractivity contribution < 1.29 is 24.7 Å². The molecule has 0 amide bonds. The molecule has 8 nitrogen and oxygen atoms in total. The van der Waals surface area contributed by atoms with Gasteiger partial charge in [-0.1, -0.05) is 12.1 Å². The van der Waals surface area contributed by atoms with Crippen molar-refractivity contribution in [2.45, 2.75) is 5.37 Å². The average Bonchev–Trinajstić information content (AvgIpc) is 2.59. The maximum atomic E-state index is 10.9. The number of benzene rings is 2. The molecule has 0 spiro atoms. The molecule has 1 atom stereocenters. The summed E-state index contributed by atoms with van der Waals surface area (Å²) in [6.07, 6.45) is 0. The summed E-state index contributed by atoms with van der Waals surface area (Å²) in [5, 5.41) is 32.1. The molecule has 2 aromatic carbocycles. The summed E-state index contributed by atoms with van der Waals surface area (Å²) in [6.45, 7) is 0. The fraction of sp³-hybridized carbons (Fsp3) is 0.188. The zero-order valence-electron chi connectivity index (χ0n) is 13.2. The van der Waals surface area contributed by atoms with Gasteiger partial charge in [-0.3, -0.25) is 14.9 Å². The predicted molar refractivity (Wildman–Crippen MR) is 94.2 cm³/mol. The first-order valence-electron chi connectivity index (χ1n) is 7.12. The van der Waals surface area contributed by atoms with E-state index in [2.05, 4.69) is 5.32 Å². The van der Waals surface area contributed by atoms with Gasteiger partial charge in [0.1, 0.15) is 0 Å². The molecule has 9 heteroatoms. The van der Waals surface area contributed by atoms with Crippen molar-refractivity contribution in [1.29, 1.82) is 0 Å². The van der Waals surface area contributed by atoms with E-state index in [1.165, 1.54) is 31.4 Å². The van der Waals surface area contributed by atoms with Gasteiger partial charge in [-0.25, -0.2) is 0 Å². The van der Waals surface area contributed by atoms with Crippen molar-refractivity contribution in [2.75, 3.05) is 18.2 Å². The second-order valence-electron chi connectivity index (χ2n) is 4.97. The van der Waals surface area contributed by atoms with Crippen LogP contribution < -0.4 is 10.1 Å². The van der Waals surface area contributed by atoms with E-state index >= 15 is 0 Å². The lowest BCUT2D eigenvalue weighted by Crippen LogP contribution is -2.11. The van der Waals surface area contributed by atoms with Crippen LogP contribution in [0.2, 0.25) is 0 Å². The maximum absolute atomic E-state index is 10.9. The highest BCUT2D eigenvalue weighted by Gasteiger charge is 2.17. The van der Waals surface area contributed by atoms with Crippen LogP contribution in [-0.4, -0.2) is 34.0 Å². The molecule has 2 aromatic rings. The first-order valence-corrected chi connectivity index (χ1v) is 8.17. The van der Waals surface area contributed by atoms with E-state index in [1.807, 2.05) is 0 Å². The van der Waals surface area contributed by atoms with E-state index in [1.54, 1.807) is 18.2 Å². The van der Waals surface area contributed by atoms with Crippen molar-refractivity contribution in [1.82, 2.24) is 0 Å². The smallest absolute Gasteiger partial charge is 0.313 e. The zero-order chi connectivity index (χ0) is 18.4. The molecule has 2 rings (SSSR count). The topological polar surface area (TPSA) is 122 Å². The van der Waals surface area contributed by atoms with Crippen LogP contribution in [0.4, 0.5) is 11.4 Å². The largest absolute Gasteiger partial charge is 0.504 e. The van der Waals surface area contributed by atoms with E-state index < -0.39 is 16.3 Å². The van der Waals surface area contributed by atoms with E-state index in [0.29, 0.717) is 11.3 Å². The summed E-state index contributed by atoms with van der Waals surface area (Å²) in [5.41, 5.74) is 1.06. The third kappa shape index (κ3) is 5.01. The zero-order valence-corrected chi connectivity index (χ0v) is 14.0. The third-order valence-electron chi connectivity index (χ3n) is 3.23. The van der Waals surface area contributed by atoms with Gasteiger partial charge in [0.25, 0.3) is 5.69 Å². The molecular formula is C16H16N2O6S. The fourth-order valence-electron chi connectivity index (χ4n) is 2.09. The number of non-ortho nitro benzene ring substituents is 1. The molecule has 0 saturated heterocycles. The number of ether oxygens (including phenoxy) is 1. The molecule has 0 fully saturated rings. The van der Waals surface area contributed by atoms with Crippen molar-refractivity contribution >= 4 is 29.1 Å². The second kappa shape index (κ2) is 8.25. The number of nitrogens with zero attached hydrogens (tertiary/aromatic N) is 1. The molecule has 0 saturated carbocycles. The number of hydrogen-bond acceptors (Lipinski definition) is 7. The van der Waals surface area contributed by atoms with Crippen LogP contribution in [-0.2, 0) is 4.79 Å². The molecule has 0 aliphatic heterocycles. The van der Waals surface area contributed by atoms with Crippen LogP contribution >= 0.6 is 11.8 Å². The van der Waals surface area contributed by atoms with Crippen LogP contribution in [0.5, 0.6) is 11.5 Å². The molecule has 0 aliphatic rings. The van der Waals surface area contributed by atoms with Crippen LogP contribution in [0.1, 0.15) is 10.9 Å². The number of carboxylic acid groups (broad SMARTS) is 1. The van der Waals surface area contributed by atoms with Gasteiger partial charge in [0, 0.05) is 17.8 Å². The monoisotopic (exact) mass is 364 g/mol. The number of aliphatic carboxylic acids is 1. The molecule has 25 heavy (non-hydrogen) atoms. The van der Waals surface area contributed by atoms with E-state index in [-0.39, 0.29) is 22.9 Å². The number of nitro benzene ring substituents is 1. The Morgan fingerprint density at radius 2 is 2.12 bits per heavy atom. The van der Waals surface area contributed by atoms with Gasteiger partial charge in [-0.15, -0.1) is 11.8 Å². The van der Waals surface area contributed by atoms with Crippen molar-refractivity contribution in [3.63, 3.8) is 0 Å². The summed E-state index contributed by atoms with van der Waals surface area (Å²) >= 11 is 1.10. The number of rotatable bonds is 8. The standard InChI is InChI=1S/C16H16N2O6S/c1-24-14-7-10(5-6-13(14)19)16(25-9-15(20)21)17-11-3-2-4-12(8-11)18(22)23/h2-8,16-17,19H,9H2,1H3,(H,20,21)/t16-/m0/s1. The number of nitro groups is 1. The Balaban J connectivity index is 2.31. The number of phenols is 1. The molecule has 132 valence electrons. The Labute approximate surface area is 147 Å². The van der Waals surface area contributed by atoms with Gasteiger partial charge in [0.2, 0.25) is 0 Å². The second-order valence-corrected chi connectivity index (χ2v) is 6.06.